The fourth-order valence-electron chi connectivity index (χ4n) is 2.36. The summed E-state index contributed by atoms with van der Waals surface area (Å²) in [4.78, 5) is 24.8. The van der Waals surface area contributed by atoms with Crippen LogP contribution in [0.1, 0.15) is 32.5 Å². The summed E-state index contributed by atoms with van der Waals surface area (Å²) in [6, 6.07) is 15.5. The minimum atomic E-state index is -0.441. The van der Waals surface area contributed by atoms with E-state index in [0.717, 1.165) is 4.47 Å². The Balaban J connectivity index is 1.69. The standard InChI is InChI=1S/C21H17BrN2O4S/c1-2-27-18-11-14(8-9-17(18)28-21(26)19-7-4-10-29-19)13-23-24-20(25)15-5-3-6-16(22)12-15/h3-13H,2H2,1H3,(H,24,25)/b23-13-. The molecule has 0 aliphatic carbocycles. The molecule has 8 heteroatoms. The Morgan fingerprint density at radius 1 is 1.14 bits per heavy atom. The van der Waals surface area contributed by atoms with E-state index in [4.69, 9.17) is 9.47 Å². The van der Waals surface area contributed by atoms with Crippen molar-refractivity contribution in [2.75, 3.05) is 6.61 Å². The maximum absolute atomic E-state index is 12.2. The fourth-order valence-corrected chi connectivity index (χ4v) is 3.36. The third kappa shape index (κ3) is 5.75. The minimum absolute atomic E-state index is 0.320. The van der Waals surface area contributed by atoms with E-state index in [0.29, 0.717) is 34.1 Å². The summed E-state index contributed by atoms with van der Waals surface area (Å²) < 4.78 is 11.8. The number of halogens is 1. The van der Waals surface area contributed by atoms with Crippen molar-refractivity contribution >= 4 is 45.4 Å². The molecule has 1 aromatic heterocycles. The summed E-state index contributed by atoms with van der Waals surface area (Å²) in [5, 5.41) is 5.79. The first-order chi connectivity index (χ1) is 14.1. The highest BCUT2D eigenvalue weighted by molar-refractivity contribution is 9.10. The van der Waals surface area contributed by atoms with Crippen molar-refractivity contribution in [3.05, 3.63) is 80.5 Å². The number of ether oxygens (including phenoxy) is 2. The minimum Gasteiger partial charge on any atom is -0.490 e. The number of thiophene rings is 1. The van der Waals surface area contributed by atoms with Gasteiger partial charge in [-0.3, -0.25) is 4.79 Å². The first-order valence-corrected chi connectivity index (χ1v) is 10.4. The summed E-state index contributed by atoms with van der Waals surface area (Å²) in [6.45, 7) is 2.24. The lowest BCUT2D eigenvalue weighted by Crippen LogP contribution is -2.17. The quantitative estimate of drug-likeness (QED) is 0.229. The van der Waals surface area contributed by atoms with Gasteiger partial charge < -0.3 is 9.47 Å². The Labute approximate surface area is 180 Å². The Bertz CT molecular complexity index is 1030. The van der Waals surface area contributed by atoms with E-state index in [9.17, 15) is 9.59 Å². The summed E-state index contributed by atoms with van der Waals surface area (Å²) in [7, 11) is 0. The molecule has 0 unspecified atom stereocenters. The number of hydrazone groups is 1. The zero-order chi connectivity index (χ0) is 20.6. The van der Waals surface area contributed by atoms with Gasteiger partial charge in [0, 0.05) is 10.0 Å². The second-order valence-corrected chi connectivity index (χ2v) is 7.58. The van der Waals surface area contributed by atoms with Gasteiger partial charge in [-0.05, 0) is 60.3 Å². The molecule has 148 valence electrons. The maximum atomic E-state index is 12.2. The van der Waals surface area contributed by atoms with Gasteiger partial charge in [0.05, 0.1) is 12.8 Å². The lowest BCUT2D eigenvalue weighted by atomic mass is 10.2. The van der Waals surface area contributed by atoms with Crippen LogP contribution in [0, 0.1) is 0 Å². The van der Waals surface area contributed by atoms with E-state index in [1.165, 1.54) is 17.6 Å². The number of nitrogens with zero attached hydrogens (tertiary/aromatic N) is 1. The fraction of sp³-hybridized carbons (Fsp3) is 0.0952. The number of carbonyl (C=O) groups is 2. The third-order valence-electron chi connectivity index (χ3n) is 3.66. The predicted octanol–water partition coefficient (Wildman–Crippen LogP) is 4.89. The molecule has 1 heterocycles. The zero-order valence-corrected chi connectivity index (χ0v) is 17.8. The number of nitrogens with one attached hydrogen (secondary N) is 1. The molecular weight excluding hydrogens is 456 g/mol. The normalized spacial score (nSPS) is 10.7. The molecule has 1 amide bonds. The highest BCUT2D eigenvalue weighted by Gasteiger charge is 2.14. The molecule has 3 aromatic rings. The lowest BCUT2D eigenvalue weighted by Gasteiger charge is -2.10. The number of hydrogen-bond acceptors (Lipinski definition) is 6. The van der Waals surface area contributed by atoms with Crippen LogP contribution in [0.4, 0.5) is 0 Å². The van der Waals surface area contributed by atoms with Crippen LogP contribution in [-0.4, -0.2) is 24.7 Å². The van der Waals surface area contributed by atoms with Crippen molar-refractivity contribution in [3.63, 3.8) is 0 Å². The molecule has 0 saturated carbocycles. The van der Waals surface area contributed by atoms with Crippen LogP contribution in [0.5, 0.6) is 11.5 Å². The van der Waals surface area contributed by atoms with Gasteiger partial charge in [0.15, 0.2) is 11.5 Å². The van der Waals surface area contributed by atoms with E-state index >= 15 is 0 Å². The van der Waals surface area contributed by atoms with Gasteiger partial charge in [0.25, 0.3) is 5.91 Å². The van der Waals surface area contributed by atoms with Crippen molar-refractivity contribution in [1.82, 2.24) is 5.43 Å². The zero-order valence-electron chi connectivity index (χ0n) is 15.4. The smallest absolute Gasteiger partial charge is 0.353 e. The van der Waals surface area contributed by atoms with Crippen LogP contribution in [0.15, 0.2) is 69.6 Å². The van der Waals surface area contributed by atoms with Gasteiger partial charge in [0.1, 0.15) is 4.88 Å². The molecule has 1 N–H and O–H groups in total. The first kappa shape index (κ1) is 20.8. The molecule has 0 aliphatic heterocycles. The number of carbonyl (C=O) groups excluding carboxylic acids is 2. The molecule has 29 heavy (non-hydrogen) atoms. The molecule has 0 atom stereocenters. The van der Waals surface area contributed by atoms with Gasteiger partial charge in [-0.2, -0.15) is 5.10 Å². The number of rotatable bonds is 7. The molecular formula is C21H17BrN2O4S. The van der Waals surface area contributed by atoms with Crippen LogP contribution >= 0.6 is 27.3 Å². The summed E-state index contributed by atoms with van der Waals surface area (Å²) in [5.74, 6) is -0.0296. The van der Waals surface area contributed by atoms with Crippen LogP contribution in [0.2, 0.25) is 0 Å². The Morgan fingerprint density at radius 3 is 2.72 bits per heavy atom. The van der Waals surface area contributed by atoms with Crippen LogP contribution in [0.25, 0.3) is 0 Å². The highest BCUT2D eigenvalue weighted by Crippen LogP contribution is 2.29. The molecule has 0 spiro atoms. The van der Waals surface area contributed by atoms with Gasteiger partial charge in [-0.1, -0.05) is 28.1 Å². The van der Waals surface area contributed by atoms with E-state index in [1.807, 2.05) is 18.4 Å². The van der Waals surface area contributed by atoms with E-state index in [1.54, 1.807) is 48.5 Å². The molecule has 2 aromatic carbocycles. The number of amides is 1. The largest absolute Gasteiger partial charge is 0.490 e. The average molecular weight is 473 g/mol. The molecule has 6 nitrogen and oxygen atoms in total. The van der Waals surface area contributed by atoms with Crippen molar-refractivity contribution in [2.45, 2.75) is 6.92 Å². The van der Waals surface area contributed by atoms with Crippen molar-refractivity contribution in [1.29, 1.82) is 0 Å². The van der Waals surface area contributed by atoms with Crippen molar-refractivity contribution < 1.29 is 19.1 Å². The third-order valence-corrected chi connectivity index (χ3v) is 5.00. The second kappa shape index (κ2) is 9.99. The lowest BCUT2D eigenvalue weighted by molar-refractivity contribution is 0.0733. The summed E-state index contributed by atoms with van der Waals surface area (Å²) >= 11 is 4.63. The predicted molar refractivity (Wildman–Crippen MR) is 116 cm³/mol. The number of esters is 1. The topological polar surface area (TPSA) is 77.0 Å². The van der Waals surface area contributed by atoms with Crippen LogP contribution < -0.4 is 14.9 Å². The summed E-state index contributed by atoms with van der Waals surface area (Å²) in [6.07, 6.45) is 1.49. The molecule has 0 bridgehead atoms. The van der Waals surface area contributed by atoms with E-state index in [-0.39, 0.29) is 5.91 Å². The van der Waals surface area contributed by atoms with E-state index < -0.39 is 5.97 Å². The van der Waals surface area contributed by atoms with Gasteiger partial charge in [0.2, 0.25) is 0 Å². The van der Waals surface area contributed by atoms with Gasteiger partial charge >= 0.3 is 5.97 Å². The second-order valence-electron chi connectivity index (χ2n) is 5.72. The Hall–Kier alpha value is -2.97. The number of benzene rings is 2. The van der Waals surface area contributed by atoms with Crippen LogP contribution in [0.3, 0.4) is 0 Å². The summed E-state index contributed by atoms with van der Waals surface area (Å²) in [5.41, 5.74) is 3.64. The SMILES string of the molecule is CCOc1cc(/C=N\NC(=O)c2cccc(Br)c2)ccc1OC(=O)c1cccs1. The highest BCUT2D eigenvalue weighted by atomic mass is 79.9. The maximum Gasteiger partial charge on any atom is 0.353 e. The van der Waals surface area contributed by atoms with Crippen LogP contribution in [-0.2, 0) is 0 Å². The molecule has 0 radical (unpaired) electrons. The van der Waals surface area contributed by atoms with Crippen molar-refractivity contribution in [2.24, 2.45) is 5.10 Å². The first-order valence-electron chi connectivity index (χ1n) is 8.68. The average Bonchev–Trinajstić information content (AvgIpc) is 3.25. The monoisotopic (exact) mass is 472 g/mol. The van der Waals surface area contributed by atoms with Gasteiger partial charge in [-0.15, -0.1) is 11.3 Å². The molecule has 0 saturated heterocycles. The Morgan fingerprint density at radius 2 is 2.00 bits per heavy atom. The van der Waals surface area contributed by atoms with Crippen molar-refractivity contribution in [3.8, 4) is 11.5 Å². The van der Waals surface area contributed by atoms with Gasteiger partial charge in [-0.25, -0.2) is 10.2 Å². The Kier molecular flexibility index (Phi) is 7.15. The van der Waals surface area contributed by atoms with E-state index in [2.05, 4.69) is 26.5 Å². The molecule has 3 rings (SSSR count). The molecule has 0 fully saturated rings. The number of hydrogen-bond donors (Lipinski definition) is 1. The molecule has 0 aliphatic rings.